The smallest absolute Gasteiger partial charge is 0.0702 e. The van der Waals surface area contributed by atoms with Gasteiger partial charge in [-0.3, -0.25) is 4.68 Å². The Morgan fingerprint density at radius 2 is 1.89 bits per heavy atom. The second kappa shape index (κ2) is 6.02. The van der Waals surface area contributed by atoms with E-state index in [1.807, 2.05) is 11.7 Å². The summed E-state index contributed by atoms with van der Waals surface area (Å²) in [6, 6.07) is 8.71. The van der Waals surface area contributed by atoms with Gasteiger partial charge in [-0.25, -0.2) is 0 Å². The fourth-order valence-corrected chi connectivity index (χ4v) is 2.34. The number of benzene rings is 1. The lowest BCUT2D eigenvalue weighted by atomic mass is 9.99. The molecule has 0 bridgehead atoms. The van der Waals surface area contributed by atoms with Gasteiger partial charge in [0.15, 0.2) is 0 Å². The number of aromatic nitrogens is 2. The Morgan fingerprint density at radius 3 is 2.47 bits per heavy atom. The van der Waals surface area contributed by atoms with Crippen LogP contribution >= 0.6 is 0 Å². The summed E-state index contributed by atoms with van der Waals surface area (Å²) in [7, 11) is 1.98. The highest BCUT2D eigenvalue weighted by atomic mass is 15.2. The van der Waals surface area contributed by atoms with Crippen LogP contribution in [-0.4, -0.2) is 9.78 Å². The third kappa shape index (κ3) is 3.04. The molecule has 1 unspecified atom stereocenters. The zero-order chi connectivity index (χ0) is 13.8. The largest absolute Gasteiger partial charge is 0.324 e. The summed E-state index contributed by atoms with van der Waals surface area (Å²) in [5.74, 6) is 0. The summed E-state index contributed by atoms with van der Waals surface area (Å²) in [5.41, 5.74) is 10.9. The molecule has 2 N–H and O–H groups in total. The Bertz CT molecular complexity index is 525. The molecule has 0 spiro atoms. The average Bonchev–Trinajstić information content (AvgIpc) is 2.79. The number of aryl methyl sites for hydroxylation is 2. The minimum atomic E-state index is 0.137. The lowest BCUT2D eigenvalue weighted by molar-refractivity contribution is 0.699. The van der Waals surface area contributed by atoms with E-state index in [1.54, 1.807) is 0 Å². The zero-order valence-electron chi connectivity index (χ0n) is 12.1. The van der Waals surface area contributed by atoms with Crippen LogP contribution in [0.15, 0.2) is 30.5 Å². The van der Waals surface area contributed by atoms with Gasteiger partial charge in [0.1, 0.15) is 0 Å². The van der Waals surface area contributed by atoms with Crippen LogP contribution in [-0.2, 0) is 13.5 Å². The molecule has 102 valence electrons. The molecule has 3 heteroatoms. The highest BCUT2D eigenvalue weighted by molar-refractivity contribution is 5.65. The maximum Gasteiger partial charge on any atom is 0.0702 e. The summed E-state index contributed by atoms with van der Waals surface area (Å²) in [6.45, 7) is 4.29. The maximum absolute atomic E-state index is 6.05. The molecular formula is C16H23N3. The molecule has 0 aliphatic rings. The third-order valence-electron chi connectivity index (χ3n) is 3.48. The maximum atomic E-state index is 6.05. The Morgan fingerprint density at radius 1 is 1.21 bits per heavy atom. The van der Waals surface area contributed by atoms with Gasteiger partial charge in [0, 0.05) is 24.8 Å². The van der Waals surface area contributed by atoms with Gasteiger partial charge in [0.25, 0.3) is 0 Å². The Hall–Kier alpha value is -1.61. The first kappa shape index (κ1) is 13.8. The van der Waals surface area contributed by atoms with E-state index in [0.29, 0.717) is 0 Å². The summed E-state index contributed by atoms with van der Waals surface area (Å²) in [4.78, 5) is 0. The second-order valence-electron chi connectivity index (χ2n) is 5.05. The monoisotopic (exact) mass is 257 g/mol. The van der Waals surface area contributed by atoms with Crippen molar-refractivity contribution in [3.05, 3.63) is 41.7 Å². The first-order valence-corrected chi connectivity index (χ1v) is 7.04. The van der Waals surface area contributed by atoms with Gasteiger partial charge in [-0.05, 0) is 24.0 Å². The van der Waals surface area contributed by atoms with Gasteiger partial charge in [-0.2, -0.15) is 5.10 Å². The van der Waals surface area contributed by atoms with E-state index < -0.39 is 0 Å². The van der Waals surface area contributed by atoms with Crippen molar-refractivity contribution >= 4 is 0 Å². The SMILES string of the molecule is CCCc1nn(C)cc1-c1ccc(C(N)CC)cc1. The molecule has 2 aromatic rings. The van der Waals surface area contributed by atoms with Crippen molar-refractivity contribution in [1.29, 1.82) is 0 Å². The van der Waals surface area contributed by atoms with Crippen LogP contribution in [0, 0.1) is 0 Å². The van der Waals surface area contributed by atoms with Gasteiger partial charge in [0.05, 0.1) is 5.69 Å². The van der Waals surface area contributed by atoms with Crippen molar-refractivity contribution in [2.45, 2.75) is 39.2 Å². The normalized spacial score (nSPS) is 12.6. The van der Waals surface area contributed by atoms with Crippen LogP contribution in [0.4, 0.5) is 0 Å². The van der Waals surface area contributed by atoms with E-state index in [1.165, 1.54) is 22.4 Å². The minimum Gasteiger partial charge on any atom is -0.324 e. The molecule has 1 heterocycles. The van der Waals surface area contributed by atoms with Crippen LogP contribution < -0.4 is 5.73 Å². The Balaban J connectivity index is 2.31. The molecule has 0 fully saturated rings. The van der Waals surface area contributed by atoms with Gasteiger partial charge in [-0.15, -0.1) is 0 Å². The molecule has 2 rings (SSSR count). The van der Waals surface area contributed by atoms with Gasteiger partial charge in [0.2, 0.25) is 0 Å². The quantitative estimate of drug-likeness (QED) is 0.891. The number of hydrogen-bond acceptors (Lipinski definition) is 2. The number of rotatable bonds is 5. The number of hydrogen-bond donors (Lipinski definition) is 1. The molecule has 1 atom stereocenters. The van der Waals surface area contributed by atoms with E-state index in [0.717, 1.165) is 19.3 Å². The van der Waals surface area contributed by atoms with Gasteiger partial charge < -0.3 is 5.73 Å². The highest BCUT2D eigenvalue weighted by Crippen LogP contribution is 2.25. The average molecular weight is 257 g/mol. The van der Waals surface area contributed by atoms with Crippen molar-refractivity contribution < 1.29 is 0 Å². The molecule has 1 aromatic heterocycles. The van der Waals surface area contributed by atoms with E-state index in [9.17, 15) is 0 Å². The van der Waals surface area contributed by atoms with Crippen LogP contribution in [0.3, 0.4) is 0 Å². The van der Waals surface area contributed by atoms with Crippen molar-refractivity contribution in [2.75, 3.05) is 0 Å². The topological polar surface area (TPSA) is 43.8 Å². The standard InChI is InChI=1S/C16H23N3/c1-4-6-16-14(11-19(3)18-16)12-7-9-13(10-8-12)15(17)5-2/h7-11,15H,4-6,17H2,1-3H3. The Kier molecular flexibility index (Phi) is 4.38. The van der Waals surface area contributed by atoms with E-state index in [4.69, 9.17) is 5.73 Å². The van der Waals surface area contributed by atoms with Crippen molar-refractivity contribution in [1.82, 2.24) is 9.78 Å². The summed E-state index contributed by atoms with van der Waals surface area (Å²) >= 11 is 0. The van der Waals surface area contributed by atoms with Gasteiger partial charge >= 0.3 is 0 Å². The van der Waals surface area contributed by atoms with Crippen molar-refractivity contribution in [2.24, 2.45) is 12.8 Å². The molecule has 0 radical (unpaired) electrons. The number of nitrogens with zero attached hydrogens (tertiary/aromatic N) is 2. The highest BCUT2D eigenvalue weighted by Gasteiger charge is 2.10. The van der Waals surface area contributed by atoms with E-state index in [2.05, 4.69) is 49.4 Å². The minimum absolute atomic E-state index is 0.137. The summed E-state index contributed by atoms with van der Waals surface area (Å²) in [5, 5.41) is 4.54. The first-order chi connectivity index (χ1) is 9.15. The zero-order valence-corrected chi connectivity index (χ0v) is 12.1. The second-order valence-corrected chi connectivity index (χ2v) is 5.05. The lowest BCUT2D eigenvalue weighted by Gasteiger charge is -2.09. The molecule has 0 amide bonds. The summed E-state index contributed by atoms with van der Waals surface area (Å²) < 4.78 is 1.89. The first-order valence-electron chi connectivity index (χ1n) is 7.04. The molecule has 0 aliphatic heterocycles. The molecular weight excluding hydrogens is 234 g/mol. The molecule has 0 saturated carbocycles. The fraction of sp³-hybridized carbons (Fsp3) is 0.438. The van der Waals surface area contributed by atoms with Crippen molar-refractivity contribution in [3.63, 3.8) is 0 Å². The third-order valence-corrected chi connectivity index (χ3v) is 3.48. The molecule has 3 nitrogen and oxygen atoms in total. The summed E-state index contributed by atoms with van der Waals surface area (Å²) in [6.07, 6.45) is 5.20. The van der Waals surface area contributed by atoms with Gasteiger partial charge in [-0.1, -0.05) is 44.5 Å². The predicted octanol–water partition coefficient (Wildman–Crippen LogP) is 3.45. The molecule has 0 saturated heterocycles. The number of nitrogens with two attached hydrogens (primary N) is 1. The van der Waals surface area contributed by atoms with Crippen LogP contribution in [0.25, 0.3) is 11.1 Å². The van der Waals surface area contributed by atoms with Crippen LogP contribution in [0.5, 0.6) is 0 Å². The lowest BCUT2D eigenvalue weighted by Crippen LogP contribution is -2.08. The van der Waals surface area contributed by atoms with Crippen LogP contribution in [0.2, 0.25) is 0 Å². The molecule has 1 aromatic carbocycles. The predicted molar refractivity (Wildman–Crippen MR) is 79.9 cm³/mol. The van der Waals surface area contributed by atoms with Crippen LogP contribution in [0.1, 0.15) is 44.0 Å². The van der Waals surface area contributed by atoms with E-state index >= 15 is 0 Å². The molecule has 19 heavy (non-hydrogen) atoms. The molecule has 0 aliphatic carbocycles. The Labute approximate surface area is 115 Å². The fourth-order valence-electron chi connectivity index (χ4n) is 2.34. The van der Waals surface area contributed by atoms with E-state index in [-0.39, 0.29) is 6.04 Å². The van der Waals surface area contributed by atoms with Crippen molar-refractivity contribution in [3.8, 4) is 11.1 Å².